The molecule has 12 rings (SSSR count). The van der Waals surface area contributed by atoms with Crippen molar-refractivity contribution >= 4 is 74.9 Å². The fraction of sp³-hybridized carbons (Fsp3) is 0. The summed E-state index contributed by atoms with van der Waals surface area (Å²) in [6, 6.07) is 68.4. The van der Waals surface area contributed by atoms with Gasteiger partial charge in [0.05, 0.1) is 22.4 Å². The van der Waals surface area contributed by atoms with Crippen molar-refractivity contribution < 1.29 is 0 Å². The Morgan fingerprint density at radius 1 is 0.305 bits per heavy atom. The van der Waals surface area contributed by atoms with E-state index in [0.717, 1.165) is 88.1 Å². The molecule has 12 aromatic rings. The maximum Gasteiger partial charge on any atom is 0.160 e. The first-order valence-electron chi connectivity index (χ1n) is 19.8. The predicted octanol–water partition coefficient (Wildman–Crippen LogP) is 14.6. The van der Waals surface area contributed by atoms with Crippen LogP contribution in [0, 0.1) is 0 Å². The van der Waals surface area contributed by atoms with Gasteiger partial charge in [-0.1, -0.05) is 158 Å². The fourth-order valence-electron chi connectivity index (χ4n) is 8.63. The predicted molar refractivity (Wildman–Crippen MR) is 248 cm³/mol. The summed E-state index contributed by atoms with van der Waals surface area (Å²) >= 11 is 1.83. The van der Waals surface area contributed by atoms with Gasteiger partial charge >= 0.3 is 0 Å². The molecule has 0 amide bonds. The minimum absolute atomic E-state index is 0.647. The number of fused-ring (bicyclic) bond motifs is 9. The largest absolute Gasteiger partial charge is 0.227 e. The summed E-state index contributed by atoms with van der Waals surface area (Å²) in [7, 11) is 0. The normalized spacial score (nSPS) is 11.7. The van der Waals surface area contributed by atoms with Crippen LogP contribution in [0.3, 0.4) is 0 Å². The van der Waals surface area contributed by atoms with Gasteiger partial charge in [-0.2, -0.15) is 0 Å². The molecule has 3 aromatic heterocycles. The molecule has 0 aliphatic carbocycles. The Balaban J connectivity index is 1.18. The van der Waals surface area contributed by atoms with E-state index in [0.29, 0.717) is 11.6 Å². The number of hydrogen-bond donors (Lipinski definition) is 0. The molecule has 5 heteroatoms. The molecule has 0 saturated carbocycles. The Kier molecular flexibility index (Phi) is 7.68. The Bertz CT molecular complexity index is 3430. The van der Waals surface area contributed by atoms with E-state index in [1.165, 1.54) is 20.2 Å². The number of nitrogens with zero attached hydrogens (tertiary/aromatic N) is 4. The summed E-state index contributed by atoms with van der Waals surface area (Å²) in [4.78, 5) is 21.7. The first-order chi connectivity index (χ1) is 29.2. The number of rotatable bonds is 5. The molecule has 274 valence electrons. The lowest BCUT2D eigenvalue weighted by Gasteiger charge is -2.15. The van der Waals surface area contributed by atoms with Gasteiger partial charge in [0.2, 0.25) is 0 Å². The molecule has 0 unspecified atom stereocenters. The zero-order valence-corrected chi connectivity index (χ0v) is 32.5. The number of benzene rings is 9. The Morgan fingerprint density at radius 3 is 1.36 bits per heavy atom. The SMILES string of the molecule is c1ccc(-c2nc(-c3cc(-c4nc(-c5ccccc5)c5ccc6ccccc6c5n4)cc(-c4cccc5c4sc4ccccc45)c3)nc3c2ccc2ccccc23)cc1. The number of thiophene rings is 1. The van der Waals surface area contributed by atoms with E-state index in [1.807, 2.05) is 23.5 Å². The van der Waals surface area contributed by atoms with Crippen LogP contribution in [0.25, 0.3) is 120 Å². The second kappa shape index (κ2) is 13.5. The molecule has 0 aliphatic rings. The van der Waals surface area contributed by atoms with Crippen molar-refractivity contribution in [3.05, 3.63) is 194 Å². The monoisotopic (exact) mass is 768 g/mol. The van der Waals surface area contributed by atoms with Crippen LogP contribution in [-0.2, 0) is 0 Å². The summed E-state index contributed by atoms with van der Waals surface area (Å²) in [5, 5.41) is 9.00. The molecule has 0 bridgehead atoms. The zero-order chi connectivity index (χ0) is 38.9. The van der Waals surface area contributed by atoms with Crippen molar-refractivity contribution in [2.45, 2.75) is 0 Å². The molecule has 4 nitrogen and oxygen atoms in total. The van der Waals surface area contributed by atoms with Gasteiger partial charge < -0.3 is 0 Å². The van der Waals surface area contributed by atoms with Gasteiger partial charge in [0, 0.05) is 64.0 Å². The smallest absolute Gasteiger partial charge is 0.160 e. The maximum absolute atomic E-state index is 5.43. The number of hydrogen-bond acceptors (Lipinski definition) is 5. The second-order valence-electron chi connectivity index (χ2n) is 15.0. The number of aromatic nitrogens is 4. The van der Waals surface area contributed by atoms with Gasteiger partial charge in [0.25, 0.3) is 0 Å². The van der Waals surface area contributed by atoms with Gasteiger partial charge in [-0.15, -0.1) is 11.3 Å². The topological polar surface area (TPSA) is 51.6 Å². The molecule has 3 heterocycles. The van der Waals surface area contributed by atoms with Crippen LogP contribution >= 0.6 is 11.3 Å². The van der Waals surface area contributed by atoms with Crippen molar-refractivity contribution in [2.75, 3.05) is 0 Å². The molecule has 0 aliphatic heterocycles. The maximum atomic E-state index is 5.43. The first kappa shape index (κ1) is 33.5. The highest BCUT2D eigenvalue weighted by molar-refractivity contribution is 7.26. The summed E-state index contributed by atoms with van der Waals surface area (Å²) in [6.07, 6.45) is 0. The average molecular weight is 769 g/mol. The third-order valence-electron chi connectivity index (χ3n) is 11.4. The standard InChI is InChI=1S/C54H32N4S/c1-3-16-35(17-4-1)48-45-28-26-33-14-7-9-20-40(33)50(45)57-53(55-48)38-30-37(42-23-13-24-44-43-22-11-12-25-47(43)59-52(42)44)31-39(32-38)54-56-49(36-18-5-2-6-19-36)46-29-27-34-15-8-10-21-41(34)51(46)58-54/h1-32H. The summed E-state index contributed by atoms with van der Waals surface area (Å²) in [5.41, 5.74) is 9.72. The highest BCUT2D eigenvalue weighted by Gasteiger charge is 2.20. The summed E-state index contributed by atoms with van der Waals surface area (Å²) < 4.78 is 2.50. The lowest BCUT2D eigenvalue weighted by Crippen LogP contribution is -1.99. The molecule has 0 saturated heterocycles. The van der Waals surface area contributed by atoms with Crippen molar-refractivity contribution in [2.24, 2.45) is 0 Å². The van der Waals surface area contributed by atoms with Crippen LogP contribution in [0.2, 0.25) is 0 Å². The van der Waals surface area contributed by atoms with E-state index >= 15 is 0 Å². The lowest BCUT2D eigenvalue weighted by atomic mass is 9.96. The van der Waals surface area contributed by atoms with E-state index in [2.05, 4.69) is 182 Å². The molecule has 0 N–H and O–H groups in total. The van der Waals surface area contributed by atoms with Crippen LogP contribution in [0.4, 0.5) is 0 Å². The fourth-order valence-corrected chi connectivity index (χ4v) is 9.87. The molecule has 0 fully saturated rings. The molecule has 0 atom stereocenters. The zero-order valence-electron chi connectivity index (χ0n) is 31.7. The van der Waals surface area contributed by atoms with Gasteiger partial charge in [-0.3, -0.25) is 0 Å². The van der Waals surface area contributed by atoms with Crippen LogP contribution in [0.15, 0.2) is 194 Å². The van der Waals surface area contributed by atoms with Crippen LogP contribution in [0.1, 0.15) is 0 Å². The van der Waals surface area contributed by atoms with E-state index in [-0.39, 0.29) is 0 Å². The van der Waals surface area contributed by atoms with E-state index in [1.54, 1.807) is 0 Å². The van der Waals surface area contributed by atoms with Crippen molar-refractivity contribution in [1.29, 1.82) is 0 Å². The quantitative estimate of drug-likeness (QED) is 0.164. The molecule has 9 aromatic carbocycles. The van der Waals surface area contributed by atoms with Crippen LogP contribution < -0.4 is 0 Å². The van der Waals surface area contributed by atoms with Crippen LogP contribution in [-0.4, -0.2) is 19.9 Å². The van der Waals surface area contributed by atoms with Gasteiger partial charge in [-0.25, -0.2) is 19.9 Å². The first-order valence-corrected chi connectivity index (χ1v) is 20.6. The summed E-state index contributed by atoms with van der Waals surface area (Å²) in [5.74, 6) is 1.29. The Morgan fingerprint density at radius 2 is 0.780 bits per heavy atom. The molecule has 59 heavy (non-hydrogen) atoms. The highest BCUT2D eigenvalue weighted by Crippen LogP contribution is 2.43. The van der Waals surface area contributed by atoms with Crippen molar-refractivity contribution in [3.8, 4) is 56.4 Å². The van der Waals surface area contributed by atoms with Gasteiger partial charge in [-0.05, 0) is 58.3 Å². The third-order valence-corrected chi connectivity index (χ3v) is 12.7. The Labute approximate surface area is 343 Å². The molecule has 0 radical (unpaired) electrons. The van der Waals surface area contributed by atoms with Crippen LogP contribution in [0.5, 0.6) is 0 Å². The summed E-state index contributed by atoms with van der Waals surface area (Å²) in [6.45, 7) is 0. The highest BCUT2D eigenvalue weighted by atomic mass is 32.1. The van der Waals surface area contributed by atoms with E-state index < -0.39 is 0 Å². The van der Waals surface area contributed by atoms with Gasteiger partial charge in [0.15, 0.2) is 11.6 Å². The molecular formula is C54H32N4S. The third kappa shape index (κ3) is 5.58. The Hall–Kier alpha value is -7.60. The molecule has 0 spiro atoms. The minimum atomic E-state index is 0.647. The van der Waals surface area contributed by atoms with Gasteiger partial charge in [0.1, 0.15) is 0 Å². The van der Waals surface area contributed by atoms with E-state index in [9.17, 15) is 0 Å². The second-order valence-corrected chi connectivity index (χ2v) is 16.0. The van der Waals surface area contributed by atoms with Crippen molar-refractivity contribution in [1.82, 2.24) is 19.9 Å². The average Bonchev–Trinajstić information content (AvgIpc) is 3.70. The molecular weight excluding hydrogens is 737 g/mol. The van der Waals surface area contributed by atoms with E-state index in [4.69, 9.17) is 19.9 Å². The minimum Gasteiger partial charge on any atom is -0.227 e. The van der Waals surface area contributed by atoms with Crippen molar-refractivity contribution in [3.63, 3.8) is 0 Å². The lowest BCUT2D eigenvalue weighted by molar-refractivity contribution is 1.22.